The van der Waals surface area contributed by atoms with Crippen molar-refractivity contribution in [3.63, 3.8) is 0 Å². The fourth-order valence-electron chi connectivity index (χ4n) is 5.48. The van der Waals surface area contributed by atoms with Gasteiger partial charge in [-0.25, -0.2) is 15.0 Å². The lowest BCUT2D eigenvalue weighted by atomic mass is 9.87. The van der Waals surface area contributed by atoms with E-state index in [2.05, 4.69) is 25.6 Å². The van der Waals surface area contributed by atoms with Gasteiger partial charge in [0.1, 0.15) is 41.6 Å². The SMILES string of the molecule is COc1cc(OC)cc(C(=O)N[C@@H]2[C@H](O)[C@@H](CNC(=O)CC3CCCCC3)O[C@H]2n2cnc3c(N)ncnc32)c1. The minimum absolute atomic E-state index is 0.0757. The third kappa shape index (κ3) is 5.80. The van der Waals surface area contributed by atoms with Crippen LogP contribution >= 0.6 is 0 Å². The van der Waals surface area contributed by atoms with Gasteiger partial charge in [0.2, 0.25) is 5.91 Å². The molecule has 0 spiro atoms. The van der Waals surface area contributed by atoms with E-state index in [0.29, 0.717) is 35.0 Å². The van der Waals surface area contributed by atoms with Crippen molar-refractivity contribution in [2.24, 2.45) is 5.92 Å². The van der Waals surface area contributed by atoms with E-state index in [1.165, 1.54) is 33.3 Å². The van der Waals surface area contributed by atoms with Gasteiger partial charge in [0.05, 0.1) is 20.5 Å². The van der Waals surface area contributed by atoms with Gasteiger partial charge in [-0.05, 0) is 30.9 Å². The number of nitrogens with zero attached hydrogens (tertiary/aromatic N) is 4. The molecule has 40 heavy (non-hydrogen) atoms. The summed E-state index contributed by atoms with van der Waals surface area (Å²) in [4.78, 5) is 38.6. The van der Waals surface area contributed by atoms with E-state index in [0.717, 1.165) is 25.7 Å². The normalized spacial score (nSPS) is 23.2. The number of nitrogens with two attached hydrogens (primary N) is 1. The van der Waals surface area contributed by atoms with Crippen molar-refractivity contribution in [2.75, 3.05) is 26.5 Å². The molecule has 1 aliphatic carbocycles. The number of amides is 2. The number of aliphatic hydroxyl groups is 1. The van der Waals surface area contributed by atoms with Crippen molar-refractivity contribution in [3.05, 3.63) is 36.4 Å². The highest BCUT2D eigenvalue weighted by Crippen LogP contribution is 2.33. The number of imidazole rings is 1. The van der Waals surface area contributed by atoms with Crippen molar-refractivity contribution in [1.29, 1.82) is 0 Å². The van der Waals surface area contributed by atoms with Gasteiger partial charge in [-0.3, -0.25) is 14.2 Å². The molecule has 2 fully saturated rings. The largest absolute Gasteiger partial charge is 0.497 e. The van der Waals surface area contributed by atoms with Crippen LogP contribution in [0.3, 0.4) is 0 Å². The van der Waals surface area contributed by atoms with Crippen molar-refractivity contribution in [1.82, 2.24) is 30.2 Å². The van der Waals surface area contributed by atoms with Crippen LogP contribution in [0.2, 0.25) is 0 Å². The first-order valence-corrected chi connectivity index (χ1v) is 13.4. The van der Waals surface area contributed by atoms with Crippen LogP contribution < -0.4 is 25.8 Å². The second kappa shape index (κ2) is 12.0. The molecule has 0 unspecified atom stereocenters. The Balaban J connectivity index is 1.37. The van der Waals surface area contributed by atoms with Gasteiger partial charge < -0.3 is 35.7 Å². The Kier molecular flexibility index (Phi) is 8.31. The predicted molar refractivity (Wildman–Crippen MR) is 145 cm³/mol. The summed E-state index contributed by atoms with van der Waals surface area (Å²) < 4.78 is 18.4. The number of rotatable bonds is 9. The minimum Gasteiger partial charge on any atom is -0.497 e. The molecule has 1 saturated heterocycles. The fourth-order valence-corrected chi connectivity index (χ4v) is 5.48. The molecule has 5 N–H and O–H groups in total. The highest BCUT2D eigenvalue weighted by atomic mass is 16.5. The van der Waals surface area contributed by atoms with E-state index in [1.54, 1.807) is 22.8 Å². The molecule has 2 aliphatic rings. The Morgan fingerprint density at radius 3 is 2.52 bits per heavy atom. The van der Waals surface area contributed by atoms with Gasteiger partial charge >= 0.3 is 0 Å². The lowest BCUT2D eigenvalue weighted by molar-refractivity contribution is -0.123. The first-order chi connectivity index (χ1) is 19.4. The van der Waals surface area contributed by atoms with Crippen LogP contribution in [0.4, 0.5) is 5.82 Å². The van der Waals surface area contributed by atoms with Crippen LogP contribution in [0.5, 0.6) is 11.5 Å². The molecule has 1 saturated carbocycles. The maximum atomic E-state index is 13.4. The number of nitrogen functional groups attached to an aromatic ring is 1. The summed E-state index contributed by atoms with van der Waals surface area (Å²) in [5, 5.41) is 17.1. The molecule has 1 aliphatic heterocycles. The Morgan fingerprint density at radius 2 is 1.82 bits per heavy atom. The minimum atomic E-state index is -1.16. The van der Waals surface area contributed by atoms with Crippen LogP contribution in [0.1, 0.15) is 55.1 Å². The molecule has 13 nitrogen and oxygen atoms in total. The van der Waals surface area contributed by atoms with Crippen molar-refractivity contribution in [3.8, 4) is 11.5 Å². The van der Waals surface area contributed by atoms with Gasteiger partial charge in [0.25, 0.3) is 5.91 Å². The Labute approximate surface area is 231 Å². The van der Waals surface area contributed by atoms with E-state index in [1.807, 2.05) is 0 Å². The number of hydrogen-bond donors (Lipinski definition) is 4. The van der Waals surface area contributed by atoms with Crippen molar-refractivity contribution in [2.45, 2.75) is 63.0 Å². The molecule has 4 atom stereocenters. The summed E-state index contributed by atoms with van der Waals surface area (Å²) in [7, 11) is 2.98. The molecule has 0 bridgehead atoms. The Morgan fingerprint density at radius 1 is 1.10 bits per heavy atom. The quantitative estimate of drug-likeness (QED) is 0.304. The van der Waals surface area contributed by atoms with Gasteiger partial charge in [-0.1, -0.05) is 19.3 Å². The zero-order valence-electron chi connectivity index (χ0n) is 22.6. The van der Waals surface area contributed by atoms with Gasteiger partial charge in [0, 0.05) is 24.6 Å². The molecular weight excluding hydrogens is 518 g/mol. The maximum absolute atomic E-state index is 13.4. The Hall–Kier alpha value is -3.97. The Bertz CT molecular complexity index is 1340. The van der Waals surface area contributed by atoms with Crippen molar-refractivity contribution >= 4 is 28.8 Å². The fraction of sp³-hybridized carbons (Fsp3) is 0.519. The van der Waals surface area contributed by atoms with Gasteiger partial charge in [0.15, 0.2) is 17.7 Å². The van der Waals surface area contributed by atoms with Crippen LogP contribution in [0, 0.1) is 5.92 Å². The van der Waals surface area contributed by atoms with E-state index in [4.69, 9.17) is 19.9 Å². The second-order valence-electron chi connectivity index (χ2n) is 10.3. The number of benzene rings is 1. The zero-order chi connectivity index (χ0) is 28.2. The summed E-state index contributed by atoms with van der Waals surface area (Å²) in [5.41, 5.74) is 6.99. The number of carbonyl (C=O) groups excluding carboxylic acids is 2. The summed E-state index contributed by atoms with van der Waals surface area (Å²) >= 11 is 0. The first kappa shape index (κ1) is 27.6. The average Bonchev–Trinajstić information content (AvgIpc) is 3.53. The van der Waals surface area contributed by atoms with Crippen LogP contribution in [-0.4, -0.2) is 75.5 Å². The molecule has 3 aromatic rings. The lowest BCUT2D eigenvalue weighted by Crippen LogP contribution is -2.48. The third-order valence-electron chi connectivity index (χ3n) is 7.64. The number of ether oxygens (including phenoxy) is 3. The van der Waals surface area contributed by atoms with E-state index in [-0.39, 0.29) is 23.8 Å². The van der Waals surface area contributed by atoms with Crippen LogP contribution in [0.25, 0.3) is 11.2 Å². The monoisotopic (exact) mass is 553 g/mol. The number of aliphatic hydroxyl groups excluding tert-OH is 1. The highest BCUT2D eigenvalue weighted by Gasteiger charge is 2.46. The molecule has 2 aromatic heterocycles. The zero-order valence-corrected chi connectivity index (χ0v) is 22.6. The van der Waals surface area contributed by atoms with E-state index >= 15 is 0 Å². The molecule has 5 rings (SSSR count). The van der Waals surface area contributed by atoms with Crippen LogP contribution in [0.15, 0.2) is 30.9 Å². The summed E-state index contributed by atoms with van der Waals surface area (Å²) in [5.74, 6) is 0.897. The van der Waals surface area contributed by atoms with Gasteiger partial charge in [-0.15, -0.1) is 0 Å². The molecule has 1 aromatic carbocycles. The first-order valence-electron chi connectivity index (χ1n) is 13.4. The van der Waals surface area contributed by atoms with E-state index < -0.39 is 30.4 Å². The molecule has 3 heterocycles. The average molecular weight is 554 g/mol. The summed E-state index contributed by atoms with van der Waals surface area (Å²) in [6.07, 6.45) is 6.00. The number of carbonyl (C=O) groups is 2. The lowest BCUT2D eigenvalue weighted by Gasteiger charge is -2.23. The number of methoxy groups -OCH3 is 2. The summed E-state index contributed by atoms with van der Waals surface area (Å²) in [6, 6.07) is 3.87. The molecule has 13 heteroatoms. The number of fused-ring (bicyclic) bond motifs is 1. The molecule has 0 radical (unpaired) electrons. The standard InChI is InChI=1S/C27H35N7O6/c1-38-17-9-16(10-18(11-17)39-2)26(37)33-21-23(36)19(12-29-20(35)8-15-6-4-3-5-7-15)40-27(21)34-14-32-22-24(28)30-13-31-25(22)34/h9-11,13-15,19,21,23,27,36H,3-8,12H2,1-2H3,(H,29,35)(H,33,37)(H2,28,30,31)/t19-,21-,23-,27-/m1/s1. The number of aromatic nitrogens is 4. The summed E-state index contributed by atoms with van der Waals surface area (Å²) in [6.45, 7) is 0.0757. The third-order valence-corrected chi connectivity index (χ3v) is 7.64. The van der Waals surface area contributed by atoms with Gasteiger partial charge in [-0.2, -0.15) is 0 Å². The number of anilines is 1. The second-order valence-corrected chi connectivity index (χ2v) is 10.3. The van der Waals surface area contributed by atoms with Crippen molar-refractivity contribution < 1.29 is 28.9 Å². The smallest absolute Gasteiger partial charge is 0.252 e. The predicted octanol–water partition coefficient (Wildman–Crippen LogP) is 1.57. The highest BCUT2D eigenvalue weighted by molar-refractivity contribution is 5.95. The van der Waals surface area contributed by atoms with Crippen LogP contribution in [-0.2, 0) is 9.53 Å². The number of hydrogen-bond acceptors (Lipinski definition) is 10. The maximum Gasteiger partial charge on any atom is 0.252 e. The molecule has 214 valence electrons. The molecule has 2 amide bonds. The molecular formula is C27H35N7O6. The topological polar surface area (TPSA) is 176 Å². The van der Waals surface area contributed by atoms with E-state index in [9.17, 15) is 14.7 Å². The number of nitrogens with one attached hydrogen (secondary N) is 2.